The van der Waals surface area contributed by atoms with Crippen LogP contribution in [0.5, 0.6) is 0 Å². The van der Waals surface area contributed by atoms with Gasteiger partial charge in [-0.3, -0.25) is 9.48 Å². The van der Waals surface area contributed by atoms with Crippen LogP contribution in [0.4, 0.5) is 5.95 Å². The third-order valence-corrected chi connectivity index (χ3v) is 4.60. The normalized spacial score (nSPS) is 11.3. The second-order valence-electron chi connectivity index (χ2n) is 6.25. The van der Waals surface area contributed by atoms with Gasteiger partial charge in [-0.1, -0.05) is 18.2 Å². The van der Waals surface area contributed by atoms with E-state index in [1.807, 2.05) is 59.5 Å². The van der Waals surface area contributed by atoms with E-state index >= 15 is 0 Å². The van der Waals surface area contributed by atoms with Crippen LogP contribution in [0.2, 0.25) is 0 Å². The van der Waals surface area contributed by atoms with Crippen LogP contribution in [-0.2, 0) is 13.1 Å². The first kappa shape index (κ1) is 16.1. The maximum Gasteiger partial charge on any atom is 0.257 e. The zero-order chi connectivity index (χ0) is 18.3. The highest BCUT2D eigenvalue weighted by Gasteiger charge is 2.14. The fraction of sp³-hybridized carbons (Fsp3) is 0.211. The molecule has 1 aromatic carbocycles. The molecule has 7 heteroatoms. The minimum absolute atomic E-state index is 0.162. The first-order valence-electron chi connectivity index (χ1n) is 8.54. The van der Waals surface area contributed by atoms with E-state index in [0.29, 0.717) is 23.8 Å². The van der Waals surface area contributed by atoms with Crippen molar-refractivity contribution in [3.8, 4) is 11.3 Å². The van der Waals surface area contributed by atoms with Crippen LogP contribution in [0.25, 0.3) is 22.2 Å². The van der Waals surface area contributed by atoms with Gasteiger partial charge in [0.25, 0.3) is 5.56 Å². The van der Waals surface area contributed by atoms with Crippen LogP contribution in [0.1, 0.15) is 18.3 Å². The molecule has 0 radical (unpaired) electrons. The molecular weight excluding hydrogens is 328 g/mol. The summed E-state index contributed by atoms with van der Waals surface area (Å²) in [7, 11) is 0. The number of anilines is 1. The molecule has 4 rings (SSSR count). The van der Waals surface area contributed by atoms with E-state index in [-0.39, 0.29) is 5.56 Å². The Morgan fingerprint density at radius 3 is 2.69 bits per heavy atom. The number of benzene rings is 1. The molecule has 0 amide bonds. The van der Waals surface area contributed by atoms with Crippen molar-refractivity contribution in [2.24, 2.45) is 0 Å². The van der Waals surface area contributed by atoms with Crippen LogP contribution in [0.15, 0.2) is 47.4 Å². The number of H-pyrrole nitrogens is 1. The highest BCUT2D eigenvalue weighted by atomic mass is 16.1. The molecule has 0 atom stereocenters. The largest absolute Gasteiger partial charge is 0.369 e. The number of pyridine rings is 1. The molecule has 26 heavy (non-hydrogen) atoms. The van der Waals surface area contributed by atoms with Gasteiger partial charge in [-0.15, -0.1) is 0 Å². The minimum Gasteiger partial charge on any atom is -0.369 e. The highest BCUT2D eigenvalue weighted by Crippen LogP contribution is 2.25. The van der Waals surface area contributed by atoms with Gasteiger partial charge >= 0.3 is 0 Å². The topological polar surface area (TPSA) is 94.5 Å². The average Bonchev–Trinajstić information content (AvgIpc) is 3.17. The Labute approximate surface area is 150 Å². The second kappa shape index (κ2) is 6.18. The number of imidazole rings is 1. The number of nitrogen functional groups attached to an aromatic ring is 1. The number of nitrogens with one attached hydrogen (secondary N) is 1. The molecule has 0 fully saturated rings. The van der Waals surface area contributed by atoms with E-state index in [2.05, 4.69) is 15.1 Å². The van der Waals surface area contributed by atoms with Gasteiger partial charge in [0.1, 0.15) is 5.69 Å². The van der Waals surface area contributed by atoms with Crippen molar-refractivity contribution >= 4 is 16.9 Å². The zero-order valence-corrected chi connectivity index (χ0v) is 14.7. The van der Waals surface area contributed by atoms with Gasteiger partial charge in [-0.2, -0.15) is 5.10 Å². The predicted octanol–water partition coefficient (Wildman–Crippen LogP) is 2.55. The smallest absolute Gasteiger partial charge is 0.257 e. The van der Waals surface area contributed by atoms with Crippen LogP contribution in [0.3, 0.4) is 0 Å². The van der Waals surface area contributed by atoms with Gasteiger partial charge in [0.05, 0.1) is 23.8 Å². The van der Waals surface area contributed by atoms with E-state index < -0.39 is 0 Å². The zero-order valence-electron chi connectivity index (χ0n) is 14.7. The Balaban J connectivity index is 1.77. The first-order chi connectivity index (χ1) is 12.6. The Kier molecular flexibility index (Phi) is 3.84. The maximum absolute atomic E-state index is 12.7. The summed E-state index contributed by atoms with van der Waals surface area (Å²) >= 11 is 0. The number of hydrogen-bond donors (Lipinski definition) is 2. The van der Waals surface area contributed by atoms with Crippen LogP contribution in [-0.4, -0.2) is 24.3 Å². The molecule has 0 aliphatic carbocycles. The van der Waals surface area contributed by atoms with E-state index in [1.165, 1.54) is 0 Å². The molecule has 0 aliphatic heterocycles. The van der Waals surface area contributed by atoms with Crippen molar-refractivity contribution in [1.82, 2.24) is 24.3 Å². The van der Waals surface area contributed by atoms with Gasteiger partial charge in [0.15, 0.2) is 0 Å². The van der Waals surface area contributed by atoms with Crippen LogP contribution < -0.4 is 11.3 Å². The summed E-state index contributed by atoms with van der Waals surface area (Å²) in [6, 6.07) is 11.7. The summed E-state index contributed by atoms with van der Waals surface area (Å²) in [5.41, 5.74) is 9.72. The van der Waals surface area contributed by atoms with E-state index in [0.717, 1.165) is 28.8 Å². The van der Waals surface area contributed by atoms with E-state index in [9.17, 15) is 4.79 Å². The number of nitrogens with zero attached hydrogens (tertiary/aromatic N) is 4. The van der Waals surface area contributed by atoms with Gasteiger partial charge in [-0.25, -0.2) is 4.98 Å². The first-order valence-corrected chi connectivity index (χ1v) is 8.54. The third-order valence-electron chi connectivity index (χ3n) is 4.60. The lowest BCUT2D eigenvalue weighted by atomic mass is 10.1. The van der Waals surface area contributed by atoms with Crippen molar-refractivity contribution in [2.75, 3.05) is 5.73 Å². The van der Waals surface area contributed by atoms with Crippen molar-refractivity contribution in [3.05, 3.63) is 64.3 Å². The molecule has 0 saturated heterocycles. The van der Waals surface area contributed by atoms with Gasteiger partial charge in [0, 0.05) is 23.3 Å². The minimum atomic E-state index is -0.162. The Bertz CT molecular complexity index is 1130. The fourth-order valence-electron chi connectivity index (χ4n) is 3.22. The molecule has 0 saturated carbocycles. The molecule has 132 valence electrons. The SMILES string of the molecule is CCn1nc(-c2ccc(Cn3c(C)cnc3N)[nH]c2=O)c2ccccc21. The number of para-hydroxylation sites is 1. The molecule has 0 spiro atoms. The molecular formula is C19H20N6O. The Hall–Kier alpha value is -3.35. The number of nitrogens with two attached hydrogens (primary N) is 1. The number of rotatable bonds is 4. The molecule has 3 N–H and O–H groups in total. The quantitative estimate of drug-likeness (QED) is 0.592. The van der Waals surface area contributed by atoms with Gasteiger partial charge < -0.3 is 15.3 Å². The van der Waals surface area contributed by atoms with Crippen molar-refractivity contribution in [1.29, 1.82) is 0 Å². The number of aromatic nitrogens is 5. The highest BCUT2D eigenvalue weighted by molar-refractivity contribution is 5.93. The summed E-state index contributed by atoms with van der Waals surface area (Å²) < 4.78 is 3.76. The molecule has 3 aromatic heterocycles. The van der Waals surface area contributed by atoms with Crippen molar-refractivity contribution in [3.63, 3.8) is 0 Å². The van der Waals surface area contributed by atoms with Crippen LogP contribution in [0, 0.1) is 6.92 Å². The summed E-state index contributed by atoms with van der Waals surface area (Å²) in [4.78, 5) is 19.8. The molecule has 0 unspecified atom stereocenters. The van der Waals surface area contributed by atoms with E-state index in [4.69, 9.17) is 5.73 Å². The van der Waals surface area contributed by atoms with Crippen molar-refractivity contribution in [2.45, 2.75) is 26.9 Å². The molecule has 7 nitrogen and oxygen atoms in total. The molecule has 3 heterocycles. The lowest BCUT2D eigenvalue weighted by molar-refractivity contribution is 0.686. The summed E-state index contributed by atoms with van der Waals surface area (Å²) in [5.74, 6) is 0.431. The standard InChI is InChI=1S/C19H20N6O/c1-3-25-16-7-5-4-6-14(16)17(23-25)15-9-8-13(22-18(15)26)11-24-12(2)10-21-19(24)20/h4-10H,3,11H2,1-2H3,(H2,20,21)(H,22,26). The maximum atomic E-state index is 12.7. The summed E-state index contributed by atoms with van der Waals surface area (Å²) in [6.07, 6.45) is 1.71. The second-order valence-corrected chi connectivity index (χ2v) is 6.25. The molecule has 4 aromatic rings. The van der Waals surface area contributed by atoms with Crippen LogP contribution >= 0.6 is 0 Å². The predicted molar refractivity (Wildman–Crippen MR) is 102 cm³/mol. The Morgan fingerprint density at radius 2 is 2.00 bits per heavy atom. The number of aryl methyl sites for hydroxylation is 2. The average molecular weight is 348 g/mol. The number of aromatic amines is 1. The molecule has 0 aliphatic rings. The van der Waals surface area contributed by atoms with Crippen molar-refractivity contribution < 1.29 is 0 Å². The monoisotopic (exact) mass is 348 g/mol. The fourth-order valence-corrected chi connectivity index (χ4v) is 3.22. The molecule has 0 bridgehead atoms. The van der Waals surface area contributed by atoms with E-state index in [1.54, 1.807) is 6.20 Å². The Morgan fingerprint density at radius 1 is 1.19 bits per heavy atom. The third kappa shape index (κ3) is 2.57. The van der Waals surface area contributed by atoms with Gasteiger partial charge in [-0.05, 0) is 32.0 Å². The summed E-state index contributed by atoms with van der Waals surface area (Å²) in [6.45, 7) is 5.18. The number of fused-ring (bicyclic) bond motifs is 1. The lowest BCUT2D eigenvalue weighted by Crippen LogP contribution is -2.15. The lowest BCUT2D eigenvalue weighted by Gasteiger charge is -2.08. The van der Waals surface area contributed by atoms with Gasteiger partial charge in [0.2, 0.25) is 5.95 Å². The number of hydrogen-bond acceptors (Lipinski definition) is 4. The summed E-state index contributed by atoms with van der Waals surface area (Å²) in [5, 5.41) is 5.61.